The van der Waals surface area contributed by atoms with Crippen LogP contribution in [0.25, 0.3) is 0 Å². The summed E-state index contributed by atoms with van der Waals surface area (Å²) in [7, 11) is 0. The fraction of sp³-hybridized carbons (Fsp3) is 0.889. The molecule has 0 unspecified atom stereocenters. The predicted molar refractivity (Wildman–Crippen MR) is 45.2 cm³/mol. The molecule has 1 aliphatic rings. The van der Waals surface area contributed by atoms with Gasteiger partial charge < -0.3 is 4.90 Å². The van der Waals surface area contributed by atoms with Crippen LogP contribution in [-0.2, 0) is 4.79 Å². The van der Waals surface area contributed by atoms with Crippen LogP contribution < -0.4 is 0 Å². The summed E-state index contributed by atoms with van der Waals surface area (Å²) < 4.78 is 0. The van der Waals surface area contributed by atoms with Crippen LogP contribution in [-0.4, -0.2) is 23.4 Å². The molecule has 0 aromatic rings. The van der Waals surface area contributed by atoms with Crippen LogP contribution in [0.15, 0.2) is 0 Å². The molecule has 0 radical (unpaired) electrons. The van der Waals surface area contributed by atoms with E-state index in [1.165, 1.54) is 12.8 Å². The second kappa shape index (κ2) is 3.24. The molecule has 1 fully saturated rings. The molecule has 0 saturated carbocycles. The van der Waals surface area contributed by atoms with Gasteiger partial charge in [0, 0.05) is 19.5 Å². The zero-order valence-corrected chi connectivity index (χ0v) is 7.63. The van der Waals surface area contributed by atoms with E-state index in [1.54, 1.807) is 6.92 Å². The van der Waals surface area contributed by atoms with E-state index in [4.69, 9.17) is 0 Å². The molecule has 0 N–H and O–H groups in total. The zero-order valence-electron chi connectivity index (χ0n) is 7.63. The highest BCUT2D eigenvalue weighted by Gasteiger charge is 2.28. The van der Waals surface area contributed by atoms with Gasteiger partial charge in [-0.25, -0.2) is 0 Å². The molecule has 0 aromatic heterocycles. The summed E-state index contributed by atoms with van der Waals surface area (Å²) in [5.74, 6) is 0.974. The van der Waals surface area contributed by atoms with Crippen molar-refractivity contribution < 1.29 is 4.79 Å². The van der Waals surface area contributed by atoms with Gasteiger partial charge in [0.15, 0.2) is 0 Å². The fourth-order valence-electron chi connectivity index (χ4n) is 1.88. The molecule has 1 rings (SSSR count). The van der Waals surface area contributed by atoms with Crippen molar-refractivity contribution in [3.8, 4) is 0 Å². The van der Waals surface area contributed by atoms with Crippen molar-refractivity contribution in [1.29, 1.82) is 0 Å². The predicted octanol–water partition coefficient (Wildman–Crippen LogP) is 1.65. The van der Waals surface area contributed by atoms with Gasteiger partial charge in [0.1, 0.15) is 0 Å². The van der Waals surface area contributed by atoms with Gasteiger partial charge in [0.05, 0.1) is 0 Å². The third-order valence-electron chi connectivity index (χ3n) is 2.64. The highest BCUT2D eigenvalue weighted by atomic mass is 16.2. The average Bonchev–Trinajstić information content (AvgIpc) is 2.30. The molecule has 2 nitrogen and oxygen atoms in total. The van der Waals surface area contributed by atoms with Gasteiger partial charge in [-0.2, -0.15) is 0 Å². The first kappa shape index (κ1) is 8.57. The Kier molecular flexibility index (Phi) is 2.53. The quantitative estimate of drug-likeness (QED) is 0.564. The lowest BCUT2D eigenvalue weighted by molar-refractivity contribution is -0.129. The maximum Gasteiger partial charge on any atom is 0.219 e. The highest BCUT2D eigenvalue weighted by molar-refractivity contribution is 5.73. The molecule has 1 heterocycles. The van der Waals surface area contributed by atoms with E-state index in [0.717, 1.165) is 12.5 Å². The Labute approximate surface area is 68.6 Å². The van der Waals surface area contributed by atoms with Crippen LogP contribution in [0.1, 0.15) is 33.6 Å². The second-order valence-corrected chi connectivity index (χ2v) is 3.53. The SMILES string of the molecule is CC[C@H]1C[C@@H](C)N(C(C)=O)C1. The van der Waals surface area contributed by atoms with Crippen LogP contribution in [0.2, 0.25) is 0 Å². The maximum atomic E-state index is 11.0. The van der Waals surface area contributed by atoms with Crippen LogP contribution in [0.5, 0.6) is 0 Å². The molecule has 0 bridgehead atoms. The van der Waals surface area contributed by atoms with Crippen LogP contribution in [0.3, 0.4) is 0 Å². The first-order valence-corrected chi connectivity index (χ1v) is 4.42. The van der Waals surface area contributed by atoms with Crippen molar-refractivity contribution in [3.05, 3.63) is 0 Å². The lowest BCUT2D eigenvalue weighted by Gasteiger charge is -2.18. The number of nitrogens with zero attached hydrogens (tertiary/aromatic N) is 1. The van der Waals surface area contributed by atoms with Gasteiger partial charge in [-0.3, -0.25) is 4.79 Å². The summed E-state index contributed by atoms with van der Waals surface area (Å²) in [5.41, 5.74) is 0. The standard InChI is InChI=1S/C9H17NO/c1-4-9-5-7(2)10(6-9)8(3)11/h7,9H,4-6H2,1-3H3/t7-,9+/m1/s1. The van der Waals surface area contributed by atoms with Crippen molar-refractivity contribution in [2.45, 2.75) is 39.7 Å². The zero-order chi connectivity index (χ0) is 8.43. The van der Waals surface area contributed by atoms with Crippen molar-refractivity contribution in [2.24, 2.45) is 5.92 Å². The molecule has 1 aliphatic heterocycles. The van der Waals surface area contributed by atoms with Gasteiger partial charge >= 0.3 is 0 Å². The number of likely N-dealkylation sites (tertiary alicyclic amines) is 1. The van der Waals surface area contributed by atoms with Gasteiger partial charge in [-0.05, 0) is 19.3 Å². The number of amides is 1. The molecular weight excluding hydrogens is 138 g/mol. The summed E-state index contributed by atoms with van der Waals surface area (Å²) in [6.45, 7) is 6.97. The van der Waals surface area contributed by atoms with Gasteiger partial charge in [-0.1, -0.05) is 13.3 Å². The molecule has 64 valence electrons. The molecular formula is C9H17NO. The Balaban J connectivity index is 2.51. The third kappa shape index (κ3) is 1.73. The van der Waals surface area contributed by atoms with E-state index in [1.807, 2.05) is 4.90 Å². The van der Waals surface area contributed by atoms with Crippen molar-refractivity contribution in [1.82, 2.24) is 4.90 Å². The summed E-state index contributed by atoms with van der Waals surface area (Å²) in [5, 5.41) is 0. The molecule has 0 spiro atoms. The molecule has 1 amide bonds. The minimum absolute atomic E-state index is 0.230. The monoisotopic (exact) mass is 155 g/mol. The Morgan fingerprint density at radius 2 is 2.27 bits per heavy atom. The van der Waals surface area contributed by atoms with Crippen LogP contribution >= 0.6 is 0 Å². The Bertz CT molecular complexity index is 156. The average molecular weight is 155 g/mol. The van der Waals surface area contributed by atoms with Crippen molar-refractivity contribution >= 4 is 5.91 Å². The minimum atomic E-state index is 0.230. The summed E-state index contributed by atoms with van der Waals surface area (Å²) in [6, 6.07) is 0.470. The highest BCUT2D eigenvalue weighted by Crippen LogP contribution is 2.24. The van der Waals surface area contributed by atoms with Gasteiger partial charge in [0.2, 0.25) is 5.91 Å². The number of carbonyl (C=O) groups is 1. The second-order valence-electron chi connectivity index (χ2n) is 3.53. The van der Waals surface area contributed by atoms with Crippen LogP contribution in [0.4, 0.5) is 0 Å². The molecule has 2 heteroatoms. The van der Waals surface area contributed by atoms with Gasteiger partial charge in [-0.15, -0.1) is 0 Å². The molecule has 11 heavy (non-hydrogen) atoms. The summed E-state index contributed by atoms with van der Waals surface area (Å²) >= 11 is 0. The third-order valence-corrected chi connectivity index (χ3v) is 2.64. The smallest absolute Gasteiger partial charge is 0.219 e. The summed E-state index contributed by atoms with van der Waals surface area (Å²) in [4.78, 5) is 13.0. The fourth-order valence-corrected chi connectivity index (χ4v) is 1.88. The molecule has 1 saturated heterocycles. The Morgan fingerprint density at radius 3 is 2.55 bits per heavy atom. The van der Waals surface area contributed by atoms with Crippen LogP contribution in [0, 0.1) is 5.92 Å². The van der Waals surface area contributed by atoms with E-state index in [2.05, 4.69) is 13.8 Å². The Hall–Kier alpha value is -0.530. The maximum absolute atomic E-state index is 11.0. The number of hydrogen-bond donors (Lipinski definition) is 0. The van der Waals surface area contributed by atoms with E-state index in [9.17, 15) is 4.79 Å². The number of hydrogen-bond acceptors (Lipinski definition) is 1. The summed E-state index contributed by atoms with van der Waals surface area (Å²) in [6.07, 6.45) is 2.39. The number of rotatable bonds is 1. The first-order chi connectivity index (χ1) is 5.15. The van der Waals surface area contributed by atoms with E-state index >= 15 is 0 Å². The lowest BCUT2D eigenvalue weighted by atomic mass is 10.0. The van der Waals surface area contributed by atoms with E-state index in [0.29, 0.717) is 6.04 Å². The minimum Gasteiger partial charge on any atom is -0.340 e. The van der Waals surface area contributed by atoms with Crippen molar-refractivity contribution in [2.75, 3.05) is 6.54 Å². The van der Waals surface area contributed by atoms with E-state index in [-0.39, 0.29) is 5.91 Å². The number of carbonyl (C=O) groups excluding carboxylic acids is 1. The molecule has 0 aliphatic carbocycles. The topological polar surface area (TPSA) is 20.3 Å². The van der Waals surface area contributed by atoms with Crippen molar-refractivity contribution in [3.63, 3.8) is 0 Å². The first-order valence-electron chi connectivity index (χ1n) is 4.42. The largest absolute Gasteiger partial charge is 0.340 e. The lowest BCUT2D eigenvalue weighted by Crippen LogP contribution is -2.31. The normalized spacial score (nSPS) is 31.0. The molecule has 2 atom stereocenters. The molecule has 0 aromatic carbocycles. The van der Waals surface area contributed by atoms with Gasteiger partial charge in [0.25, 0.3) is 0 Å². The Morgan fingerprint density at radius 1 is 1.64 bits per heavy atom. The van der Waals surface area contributed by atoms with E-state index < -0.39 is 0 Å².